The molecule has 0 aliphatic rings. The number of anilines is 1. The molecule has 0 bridgehead atoms. The van der Waals surface area contributed by atoms with E-state index in [1.54, 1.807) is 6.92 Å². The van der Waals surface area contributed by atoms with Gasteiger partial charge in [-0.15, -0.1) is 16.4 Å². The highest BCUT2D eigenvalue weighted by Crippen LogP contribution is 2.35. The Morgan fingerprint density at radius 3 is 2.56 bits per heavy atom. The summed E-state index contributed by atoms with van der Waals surface area (Å²) in [5, 5.41) is 18.2. The number of methoxy groups -OCH3 is 1. The molecule has 0 saturated carbocycles. The van der Waals surface area contributed by atoms with Crippen molar-refractivity contribution in [2.45, 2.75) is 13.8 Å². The molecular weight excluding hydrogens is 404 g/mol. The van der Waals surface area contributed by atoms with Crippen LogP contribution in [0.2, 0.25) is 5.02 Å². The highest BCUT2D eigenvalue weighted by atomic mass is 35.5. The highest BCUT2D eigenvalue weighted by molar-refractivity contribution is 7.18. The van der Waals surface area contributed by atoms with Crippen LogP contribution >= 0.6 is 22.9 Å². The van der Waals surface area contributed by atoms with Gasteiger partial charge in [-0.1, -0.05) is 16.7 Å². The first-order chi connectivity index (χ1) is 12.7. The predicted molar refractivity (Wildman–Crippen MR) is 94.6 cm³/mol. The van der Waals surface area contributed by atoms with Crippen molar-refractivity contribution < 1.29 is 28.8 Å². The van der Waals surface area contributed by atoms with Crippen LogP contribution in [0.3, 0.4) is 0 Å². The summed E-state index contributed by atoms with van der Waals surface area (Å²) in [6.07, 6.45) is 0. The summed E-state index contributed by atoms with van der Waals surface area (Å²) in [5.74, 6) is -3.01. The maximum Gasteiger partial charge on any atom is 0.362 e. The average Bonchev–Trinajstić information content (AvgIpc) is 3.15. The van der Waals surface area contributed by atoms with E-state index in [-0.39, 0.29) is 27.6 Å². The monoisotopic (exact) mass is 416 g/mol. The Kier molecular flexibility index (Phi) is 6.13. The van der Waals surface area contributed by atoms with Crippen molar-refractivity contribution in [2.75, 3.05) is 19.0 Å². The standard InChI is InChI=1S/C14H13ClN4O7S/c1-4-26-14(22)9-5(2)6(13(21)25-3)12(27-9)16-11(20)8-7(15)10(18-17-8)19(23)24/h4H2,1-3H3,(H,16,20)(H,17,18). The molecule has 27 heavy (non-hydrogen) atoms. The maximum absolute atomic E-state index is 12.4. The Morgan fingerprint density at radius 1 is 1.37 bits per heavy atom. The first-order valence-electron chi connectivity index (χ1n) is 7.31. The highest BCUT2D eigenvalue weighted by Gasteiger charge is 2.30. The Balaban J connectivity index is 2.44. The number of H-pyrrole nitrogens is 1. The quantitative estimate of drug-likeness (QED) is 0.413. The third-order valence-electron chi connectivity index (χ3n) is 3.31. The van der Waals surface area contributed by atoms with Gasteiger partial charge in [-0.2, -0.15) is 0 Å². The van der Waals surface area contributed by atoms with E-state index in [2.05, 4.69) is 15.2 Å². The SMILES string of the molecule is CCOC(=O)c1sc(NC(=O)c2n[nH]c([N+](=O)[O-])c2Cl)c(C(=O)OC)c1C. The van der Waals surface area contributed by atoms with Gasteiger partial charge in [0.1, 0.15) is 9.88 Å². The molecule has 0 saturated heterocycles. The topological polar surface area (TPSA) is 154 Å². The molecule has 0 atom stereocenters. The van der Waals surface area contributed by atoms with Crippen LogP contribution in [0.15, 0.2) is 0 Å². The predicted octanol–water partition coefficient (Wildman–Crippen LogP) is 2.56. The number of aromatic nitrogens is 2. The number of amides is 1. The third kappa shape index (κ3) is 3.90. The number of nitro groups is 1. The molecule has 0 aromatic carbocycles. The fraction of sp³-hybridized carbons (Fsp3) is 0.286. The third-order valence-corrected chi connectivity index (χ3v) is 4.86. The van der Waals surface area contributed by atoms with Crippen LogP contribution in [0.25, 0.3) is 0 Å². The van der Waals surface area contributed by atoms with Crippen LogP contribution in [0, 0.1) is 17.0 Å². The van der Waals surface area contributed by atoms with Crippen molar-refractivity contribution in [1.82, 2.24) is 10.2 Å². The molecule has 0 radical (unpaired) electrons. The van der Waals surface area contributed by atoms with E-state index in [0.29, 0.717) is 0 Å². The first-order valence-corrected chi connectivity index (χ1v) is 8.50. The molecule has 13 heteroatoms. The zero-order chi connectivity index (χ0) is 20.3. The summed E-state index contributed by atoms with van der Waals surface area (Å²) in [6.45, 7) is 3.24. The summed E-state index contributed by atoms with van der Waals surface area (Å²) in [6, 6.07) is 0. The van der Waals surface area contributed by atoms with E-state index in [1.807, 2.05) is 5.10 Å². The summed E-state index contributed by atoms with van der Waals surface area (Å²) in [7, 11) is 1.14. The van der Waals surface area contributed by atoms with E-state index >= 15 is 0 Å². The smallest absolute Gasteiger partial charge is 0.362 e. The van der Waals surface area contributed by atoms with Crippen molar-refractivity contribution in [3.05, 3.63) is 36.8 Å². The number of carbonyl (C=O) groups excluding carboxylic acids is 3. The molecule has 2 N–H and O–H groups in total. The van der Waals surface area contributed by atoms with Gasteiger partial charge in [0.25, 0.3) is 5.91 Å². The minimum atomic E-state index is -0.911. The molecule has 2 heterocycles. The zero-order valence-electron chi connectivity index (χ0n) is 14.2. The number of hydrogen-bond acceptors (Lipinski definition) is 9. The van der Waals surface area contributed by atoms with Crippen LogP contribution in [0.1, 0.15) is 43.0 Å². The van der Waals surface area contributed by atoms with E-state index in [4.69, 9.17) is 16.3 Å². The Bertz CT molecular complexity index is 936. The Morgan fingerprint density at radius 2 is 2.04 bits per heavy atom. The van der Waals surface area contributed by atoms with Crippen LogP contribution in [0.5, 0.6) is 0 Å². The van der Waals surface area contributed by atoms with E-state index in [1.165, 1.54) is 6.92 Å². The van der Waals surface area contributed by atoms with Crippen molar-refractivity contribution in [3.8, 4) is 0 Å². The van der Waals surface area contributed by atoms with Crippen molar-refractivity contribution in [3.63, 3.8) is 0 Å². The number of aromatic amines is 1. The number of nitrogens with one attached hydrogen (secondary N) is 2. The number of nitrogens with zero attached hydrogens (tertiary/aromatic N) is 2. The molecule has 1 amide bonds. The number of thiophene rings is 1. The fourth-order valence-electron chi connectivity index (χ4n) is 2.09. The van der Waals surface area contributed by atoms with Gasteiger partial charge in [0.05, 0.1) is 19.3 Å². The number of hydrogen-bond donors (Lipinski definition) is 2. The van der Waals surface area contributed by atoms with Gasteiger partial charge in [0, 0.05) is 0 Å². The summed E-state index contributed by atoms with van der Waals surface area (Å²) >= 11 is 6.58. The van der Waals surface area contributed by atoms with Crippen molar-refractivity contribution >= 4 is 51.6 Å². The molecule has 0 aliphatic carbocycles. The van der Waals surface area contributed by atoms with Crippen molar-refractivity contribution in [1.29, 1.82) is 0 Å². The summed E-state index contributed by atoms with van der Waals surface area (Å²) in [5.41, 5.74) is -0.220. The number of rotatable bonds is 6. The second-order valence-corrected chi connectivity index (χ2v) is 6.32. The molecule has 11 nitrogen and oxygen atoms in total. The minimum Gasteiger partial charge on any atom is -0.465 e. The Labute approximate surface area is 160 Å². The van der Waals surface area contributed by atoms with Gasteiger partial charge < -0.3 is 24.9 Å². The van der Waals surface area contributed by atoms with E-state index in [0.717, 1.165) is 18.4 Å². The van der Waals surface area contributed by atoms with Crippen LogP contribution < -0.4 is 5.32 Å². The summed E-state index contributed by atoms with van der Waals surface area (Å²) in [4.78, 5) is 46.6. The zero-order valence-corrected chi connectivity index (χ0v) is 15.8. The van der Waals surface area contributed by atoms with Crippen molar-refractivity contribution in [2.24, 2.45) is 0 Å². The molecule has 0 fully saturated rings. The second kappa shape index (κ2) is 8.14. The maximum atomic E-state index is 12.4. The number of carbonyl (C=O) groups is 3. The largest absolute Gasteiger partial charge is 0.465 e. The molecule has 2 rings (SSSR count). The lowest BCUT2D eigenvalue weighted by Gasteiger charge is -2.04. The van der Waals surface area contributed by atoms with Gasteiger partial charge in [-0.05, 0) is 24.3 Å². The molecule has 0 aliphatic heterocycles. The van der Waals surface area contributed by atoms with E-state index < -0.39 is 39.3 Å². The molecular formula is C14H13ClN4O7S. The van der Waals surface area contributed by atoms with Gasteiger partial charge >= 0.3 is 17.8 Å². The molecule has 144 valence electrons. The number of halogens is 1. The van der Waals surface area contributed by atoms with Gasteiger partial charge in [-0.3, -0.25) is 4.79 Å². The number of esters is 2. The van der Waals surface area contributed by atoms with Crippen LogP contribution in [-0.2, 0) is 9.47 Å². The van der Waals surface area contributed by atoms with Crippen LogP contribution in [-0.4, -0.2) is 46.7 Å². The van der Waals surface area contributed by atoms with E-state index in [9.17, 15) is 24.5 Å². The fourth-order valence-corrected chi connectivity index (χ4v) is 3.42. The van der Waals surface area contributed by atoms with Gasteiger partial charge in [0.2, 0.25) is 0 Å². The lowest BCUT2D eigenvalue weighted by molar-refractivity contribution is -0.389. The van der Waals surface area contributed by atoms with Gasteiger partial charge in [-0.25, -0.2) is 9.59 Å². The number of ether oxygens (including phenoxy) is 2. The lowest BCUT2D eigenvalue weighted by atomic mass is 10.1. The average molecular weight is 417 g/mol. The molecule has 0 spiro atoms. The second-order valence-electron chi connectivity index (χ2n) is 4.92. The molecule has 2 aromatic rings. The normalized spacial score (nSPS) is 10.4. The van der Waals surface area contributed by atoms with Crippen LogP contribution in [0.4, 0.5) is 10.8 Å². The molecule has 2 aromatic heterocycles. The van der Waals surface area contributed by atoms with Gasteiger partial charge in [0.15, 0.2) is 10.7 Å². The lowest BCUT2D eigenvalue weighted by Crippen LogP contribution is -2.15. The molecule has 0 unspecified atom stereocenters. The minimum absolute atomic E-state index is 0.00544. The Hall–Kier alpha value is -2.99. The first kappa shape index (κ1) is 20.3. The summed E-state index contributed by atoms with van der Waals surface area (Å²) < 4.78 is 9.61.